The van der Waals surface area contributed by atoms with Gasteiger partial charge in [-0.05, 0) is 56.0 Å². The Labute approximate surface area is 85.0 Å². The minimum Gasteiger partial charge on any atom is -0.299 e. The lowest BCUT2D eigenvalue weighted by Gasteiger charge is -2.31. The highest BCUT2D eigenvalue weighted by Gasteiger charge is 2.36. The van der Waals surface area contributed by atoms with E-state index in [4.69, 9.17) is 0 Å². The lowest BCUT2D eigenvalue weighted by molar-refractivity contribution is 0.256. The second kappa shape index (κ2) is 3.06. The van der Waals surface area contributed by atoms with Crippen molar-refractivity contribution in [1.82, 2.24) is 9.88 Å². The maximum Gasteiger partial charge on any atom is 0.0391 e. The number of rotatable bonds is 0. The lowest BCUT2D eigenvalue weighted by Crippen LogP contribution is -2.25. The zero-order valence-electron chi connectivity index (χ0n) is 8.61. The van der Waals surface area contributed by atoms with Crippen LogP contribution in [0.25, 0.3) is 0 Å². The van der Waals surface area contributed by atoms with Crippen LogP contribution in [0.4, 0.5) is 0 Å². The highest BCUT2D eigenvalue weighted by Crippen LogP contribution is 2.43. The van der Waals surface area contributed by atoms with Gasteiger partial charge in [0.15, 0.2) is 0 Å². The zero-order valence-corrected chi connectivity index (χ0v) is 8.61. The summed E-state index contributed by atoms with van der Waals surface area (Å²) in [6.45, 7) is 1.25. The summed E-state index contributed by atoms with van der Waals surface area (Å²) in [5, 5.41) is 0. The molecule has 1 fully saturated rings. The predicted octanol–water partition coefficient (Wildman–Crippen LogP) is 2.02. The van der Waals surface area contributed by atoms with E-state index in [2.05, 4.69) is 29.2 Å². The van der Waals surface area contributed by atoms with Gasteiger partial charge >= 0.3 is 0 Å². The maximum absolute atomic E-state index is 4.27. The molecule has 2 atom stereocenters. The van der Waals surface area contributed by atoms with Crippen molar-refractivity contribution in [3.05, 3.63) is 29.6 Å². The Morgan fingerprint density at radius 3 is 3.29 bits per heavy atom. The molecular formula is C12H16N2. The SMILES string of the molecule is CN1CC[C@@H]2CCc3ccncc3[C@@H]21. The van der Waals surface area contributed by atoms with Crippen LogP contribution in [0.3, 0.4) is 0 Å². The van der Waals surface area contributed by atoms with Gasteiger partial charge in [0, 0.05) is 18.4 Å². The molecule has 1 aromatic heterocycles. The molecule has 74 valence electrons. The molecule has 0 saturated carbocycles. The molecule has 0 amide bonds. The Morgan fingerprint density at radius 2 is 2.36 bits per heavy atom. The number of fused-ring (bicyclic) bond motifs is 3. The van der Waals surface area contributed by atoms with Gasteiger partial charge in [0.1, 0.15) is 0 Å². The summed E-state index contributed by atoms with van der Waals surface area (Å²) in [7, 11) is 2.24. The van der Waals surface area contributed by atoms with E-state index in [1.165, 1.54) is 36.9 Å². The van der Waals surface area contributed by atoms with E-state index in [1.54, 1.807) is 0 Å². The Morgan fingerprint density at radius 1 is 1.43 bits per heavy atom. The molecule has 0 unspecified atom stereocenters. The monoisotopic (exact) mass is 188 g/mol. The van der Waals surface area contributed by atoms with Gasteiger partial charge in [-0.15, -0.1) is 0 Å². The van der Waals surface area contributed by atoms with E-state index in [0.717, 1.165) is 5.92 Å². The molecule has 1 aliphatic heterocycles. The van der Waals surface area contributed by atoms with E-state index < -0.39 is 0 Å². The third-order valence-corrected chi connectivity index (χ3v) is 3.82. The van der Waals surface area contributed by atoms with E-state index in [1.807, 2.05) is 6.20 Å². The fourth-order valence-electron chi connectivity index (χ4n) is 3.09. The van der Waals surface area contributed by atoms with Crippen LogP contribution in [0.2, 0.25) is 0 Å². The molecule has 1 aliphatic carbocycles. The van der Waals surface area contributed by atoms with Crippen LogP contribution in [-0.2, 0) is 6.42 Å². The highest BCUT2D eigenvalue weighted by molar-refractivity contribution is 5.30. The minimum atomic E-state index is 0.660. The quantitative estimate of drug-likeness (QED) is 0.619. The molecule has 1 saturated heterocycles. The second-order valence-electron chi connectivity index (χ2n) is 4.59. The van der Waals surface area contributed by atoms with Crippen LogP contribution in [-0.4, -0.2) is 23.5 Å². The molecule has 2 heteroatoms. The number of hydrogen-bond donors (Lipinski definition) is 0. The number of aromatic nitrogens is 1. The van der Waals surface area contributed by atoms with E-state index in [9.17, 15) is 0 Å². The third kappa shape index (κ3) is 1.10. The third-order valence-electron chi connectivity index (χ3n) is 3.82. The first-order chi connectivity index (χ1) is 6.86. The van der Waals surface area contributed by atoms with Crippen LogP contribution in [0.5, 0.6) is 0 Å². The van der Waals surface area contributed by atoms with Crippen molar-refractivity contribution in [1.29, 1.82) is 0 Å². The molecule has 1 aromatic rings. The highest BCUT2D eigenvalue weighted by atomic mass is 15.2. The Bertz CT molecular complexity index is 348. The Hall–Kier alpha value is -0.890. The molecule has 2 nitrogen and oxygen atoms in total. The predicted molar refractivity (Wildman–Crippen MR) is 56.0 cm³/mol. The summed E-state index contributed by atoms with van der Waals surface area (Å²) >= 11 is 0. The average Bonchev–Trinajstić information content (AvgIpc) is 2.61. The first kappa shape index (κ1) is 8.42. The van der Waals surface area contributed by atoms with Gasteiger partial charge in [-0.1, -0.05) is 0 Å². The molecule has 14 heavy (non-hydrogen) atoms. The maximum atomic E-state index is 4.27. The van der Waals surface area contributed by atoms with E-state index >= 15 is 0 Å². The first-order valence-electron chi connectivity index (χ1n) is 5.49. The number of hydrogen-bond acceptors (Lipinski definition) is 2. The summed E-state index contributed by atoms with van der Waals surface area (Å²) in [6, 6.07) is 2.85. The number of nitrogens with zero attached hydrogens (tertiary/aromatic N) is 2. The summed E-state index contributed by atoms with van der Waals surface area (Å²) < 4.78 is 0. The molecule has 0 spiro atoms. The summed E-state index contributed by atoms with van der Waals surface area (Å²) in [5.41, 5.74) is 3.01. The van der Waals surface area contributed by atoms with Crippen LogP contribution in [0.15, 0.2) is 18.5 Å². The largest absolute Gasteiger partial charge is 0.299 e. The van der Waals surface area contributed by atoms with E-state index in [0.29, 0.717) is 6.04 Å². The first-order valence-corrected chi connectivity index (χ1v) is 5.49. The van der Waals surface area contributed by atoms with Gasteiger partial charge in [0.2, 0.25) is 0 Å². The van der Waals surface area contributed by atoms with Gasteiger partial charge in [-0.25, -0.2) is 0 Å². The number of pyridine rings is 1. The van der Waals surface area contributed by atoms with Crippen molar-refractivity contribution in [2.24, 2.45) is 5.92 Å². The van der Waals surface area contributed by atoms with E-state index in [-0.39, 0.29) is 0 Å². The molecule has 0 aromatic carbocycles. The molecule has 0 bridgehead atoms. The van der Waals surface area contributed by atoms with Crippen LogP contribution < -0.4 is 0 Å². The second-order valence-corrected chi connectivity index (χ2v) is 4.59. The topological polar surface area (TPSA) is 16.1 Å². The van der Waals surface area contributed by atoms with Gasteiger partial charge in [0.25, 0.3) is 0 Å². The van der Waals surface area contributed by atoms with Crippen molar-refractivity contribution in [2.45, 2.75) is 25.3 Å². The fourth-order valence-corrected chi connectivity index (χ4v) is 3.09. The van der Waals surface area contributed by atoms with Crippen LogP contribution in [0.1, 0.15) is 30.0 Å². The Kier molecular flexibility index (Phi) is 1.84. The van der Waals surface area contributed by atoms with Crippen molar-refractivity contribution in [3.63, 3.8) is 0 Å². The fraction of sp³-hybridized carbons (Fsp3) is 0.583. The molecular weight excluding hydrogens is 172 g/mol. The molecule has 0 N–H and O–H groups in total. The zero-order chi connectivity index (χ0) is 9.54. The summed E-state index contributed by atoms with van der Waals surface area (Å²) in [5.74, 6) is 0.886. The van der Waals surface area contributed by atoms with Crippen molar-refractivity contribution in [3.8, 4) is 0 Å². The molecule has 2 aliphatic rings. The lowest BCUT2D eigenvalue weighted by atomic mass is 9.81. The van der Waals surface area contributed by atoms with Crippen LogP contribution >= 0.6 is 0 Å². The van der Waals surface area contributed by atoms with Crippen molar-refractivity contribution >= 4 is 0 Å². The normalized spacial score (nSPS) is 31.2. The van der Waals surface area contributed by atoms with Crippen molar-refractivity contribution < 1.29 is 0 Å². The van der Waals surface area contributed by atoms with Crippen LogP contribution in [0, 0.1) is 5.92 Å². The Balaban J connectivity index is 2.07. The number of aryl methyl sites for hydroxylation is 1. The van der Waals surface area contributed by atoms with Gasteiger partial charge in [-0.2, -0.15) is 0 Å². The molecule has 3 rings (SSSR count). The average molecular weight is 188 g/mol. The van der Waals surface area contributed by atoms with Gasteiger partial charge < -0.3 is 0 Å². The smallest absolute Gasteiger partial charge is 0.0391 e. The molecule has 2 heterocycles. The summed E-state index contributed by atoms with van der Waals surface area (Å²) in [4.78, 5) is 6.76. The minimum absolute atomic E-state index is 0.660. The number of likely N-dealkylation sites (tertiary alicyclic amines) is 1. The van der Waals surface area contributed by atoms with Crippen molar-refractivity contribution in [2.75, 3.05) is 13.6 Å². The van der Waals surface area contributed by atoms with Gasteiger partial charge in [0.05, 0.1) is 0 Å². The molecule has 0 radical (unpaired) electrons. The summed E-state index contributed by atoms with van der Waals surface area (Å²) in [6.07, 6.45) is 8.00. The van der Waals surface area contributed by atoms with Gasteiger partial charge in [-0.3, -0.25) is 9.88 Å². The standard InChI is InChI=1S/C12H16N2/c1-14-7-5-10-3-2-9-4-6-13-8-11(9)12(10)14/h4,6,8,10,12H,2-3,5,7H2,1H3/t10-,12+/m0/s1.